The van der Waals surface area contributed by atoms with Gasteiger partial charge in [0.15, 0.2) is 0 Å². The molecule has 0 bridgehead atoms. The monoisotopic (exact) mass is 427 g/mol. The van der Waals surface area contributed by atoms with Crippen molar-refractivity contribution in [2.45, 2.75) is 0 Å². The van der Waals surface area contributed by atoms with E-state index in [9.17, 15) is 19.7 Å². The average Bonchev–Trinajstić information content (AvgIpc) is 3.22. The van der Waals surface area contributed by atoms with Crippen molar-refractivity contribution < 1.29 is 23.7 Å². The predicted octanol–water partition coefficient (Wildman–Crippen LogP) is 4.06. The van der Waals surface area contributed by atoms with Crippen molar-refractivity contribution in [1.82, 2.24) is 5.43 Å². The molecule has 0 spiro atoms. The van der Waals surface area contributed by atoms with Gasteiger partial charge in [0.25, 0.3) is 11.6 Å². The first-order chi connectivity index (χ1) is 14.4. The maximum Gasteiger partial charge on any atom is 0.339 e. The maximum absolute atomic E-state index is 12.1. The molecule has 1 aromatic heterocycles. The zero-order chi connectivity index (χ0) is 21.7. The van der Waals surface area contributed by atoms with Gasteiger partial charge in [-0.2, -0.15) is 5.10 Å². The van der Waals surface area contributed by atoms with Gasteiger partial charge in [0, 0.05) is 11.6 Å². The number of methoxy groups -OCH3 is 1. The first-order valence-corrected chi connectivity index (χ1v) is 8.83. The largest absolute Gasteiger partial charge is 0.465 e. The molecule has 0 aliphatic heterocycles. The lowest BCUT2D eigenvalue weighted by molar-refractivity contribution is -0.385. The van der Waals surface area contributed by atoms with Gasteiger partial charge >= 0.3 is 5.97 Å². The minimum absolute atomic E-state index is 0.115. The summed E-state index contributed by atoms with van der Waals surface area (Å²) in [5.74, 6) is -0.565. The third-order valence-electron chi connectivity index (χ3n) is 3.99. The van der Waals surface area contributed by atoms with Crippen LogP contribution < -0.4 is 5.43 Å². The van der Waals surface area contributed by atoms with E-state index in [2.05, 4.69) is 10.5 Å². The highest BCUT2D eigenvalue weighted by Gasteiger charge is 2.18. The fourth-order valence-electron chi connectivity index (χ4n) is 2.56. The maximum atomic E-state index is 12.1. The third kappa shape index (κ3) is 4.53. The molecule has 0 atom stereocenters. The molecule has 0 unspecified atom stereocenters. The zero-order valence-corrected chi connectivity index (χ0v) is 16.3. The van der Waals surface area contributed by atoms with Crippen molar-refractivity contribution in [2.24, 2.45) is 5.10 Å². The lowest BCUT2D eigenvalue weighted by Gasteiger charge is -2.04. The highest BCUT2D eigenvalue weighted by molar-refractivity contribution is 6.33. The van der Waals surface area contributed by atoms with Crippen LogP contribution in [-0.4, -0.2) is 30.1 Å². The van der Waals surface area contributed by atoms with E-state index >= 15 is 0 Å². The number of halogens is 1. The zero-order valence-electron chi connectivity index (χ0n) is 15.5. The van der Waals surface area contributed by atoms with E-state index in [1.165, 1.54) is 43.7 Å². The number of esters is 1. The third-order valence-corrected chi connectivity index (χ3v) is 4.32. The Morgan fingerprint density at radius 1 is 1.17 bits per heavy atom. The Morgan fingerprint density at radius 2 is 1.93 bits per heavy atom. The quantitative estimate of drug-likeness (QED) is 0.274. The van der Waals surface area contributed by atoms with Crippen LogP contribution in [0.15, 0.2) is 64.1 Å². The molecular formula is C20H14ClN3O6. The van der Waals surface area contributed by atoms with Crippen molar-refractivity contribution in [1.29, 1.82) is 0 Å². The van der Waals surface area contributed by atoms with E-state index in [-0.39, 0.29) is 21.8 Å². The fourth-order valence-corrected chi connectivity index (χ4v) is 2.76. The Hall–Kier alpha value is -3.98. The Bertz CT molecular complexity index is 1150. The normalized spacial score (nSPS) is 10.7. The van der Waals surface area contributed by atoms with Crippen LogP contribution >= 0.6 is 11.6 Å². The van der Waals surface area contributed by atoms with E-state index < -0.39 is 16.8 Å². The predicted molar refractivity (Wildman–Crippen MR) is 109 cm³/mol. The number of nitrogens with zero attached hydrogens (tertiary/aromatic N) is 2. The second-order valence-electron chi connectivity index (χ2n) is 5.86. The number of furan rings is 1. The summed E-state index contributed by atoms with van der Waals surface area (Å²) < 4.78 is 10.3. The summed E-state index contributed by atoms with van der Waals surface area (Å²) in [4.78, 5) is 34.3. The second kappa shape index (κ2) is 9.01. The number of carbonyl (C=O) groups excluding carboxylic acids is 2. The molecule has 30 heavy (non-hydrogen) atoms. The van der Waals surface area contributed by atoms with Gasteiger partial charge in [0.2, 0.25) is 0 Å². The smallest absolute Gasteiger partial charge is 0.339 e. The topological polar surface area (TPSA) is 124 Å². The van der Waals surface area contributed by atoms with Crippen LogP contribution in [-0.2, 0) is 4.74 Å². The van der Waals surface area contributed by atoms with E-state index in [4.69, 9.17) is 20.8 Å². The average molecular weight is 428 g/mol. The van der Waals surface area contributed by atoms with Crippen LogP contribution in [0, 0.1) is 10.1 Å². The Kier molecular flexibility index (Phi) is 6.23. The lowest BCUT2D eigenvalue weighted by atomic mass is 10.1. The van der Waals surface area contributed by atoms with Crippen molar-refractivity contribution >= 4 is 35.4 Å². The number of nitro groups is 1. The number of hydrogen-bond acceptors (Lipinski definition) is 7. The molecule has 1 heterocycles. The molecule has 0 aliphatic carbocycles. The molecule has 0 aliphatic rings. The number of carbonyl (C=O) groups is 2. The fraction of sp³-hybridized carbons (Fsp3) is 0.0500. The standard InChI is InChI=1S/C20H14ClN3O6/c1-29-20(26)15-10-12(6-8-16(15)21)18-9-7-13(30-18)11-22-23-19(25)14-4-2-3-5-17(14)24(27)28/h2-11H,1H3,(H,23,25)/b22-11-. The van der Waals surface area contributed by atoms with Gasteiger partial charge < -0.3 is 9.15 Å². The molecule has 1 amide bonds. The first-order valence-electron chi connectivity index (χ1n) is 8.45. The van der Waals surface area contributed by atoms with Crippen molar-refractivity contribution in [2.75, 3.05) is 7.11 Å². The highest BCUT2D eigenvalue weighted by atomic mass is 35.5. The van der Waals surface area contributed by atoms with Gasteiger partial charge in [-0.15, -0.1) is 0 Å². The van der Waals surface area contributed by atoms with E-state index in [0.717, 1.165) is 0 Å². The van der Waals surface area contributed by atoms with Crippen LogP contribution in [0.25, 0.3) is 11.3 Å². The first kappa shape index (κ1) is 20.7. The summed E-state index contributed by atoms with van der Waals surface area (Å²) in [6.07, 6.45) is 1.24. The van der Waals surface area contributed by atoms with Crippen LogP contribution in [0.5, 0.6) is 0 Å². The van der Waals surface area contributed by atoms with E-state index in [1.54, 1.807) is 24.3 Å². The van der Waals surface area contributed by atoms with Gasteiger partial charge in [0.1, 0.15) is 17.1 Å². The second-order valence-corrected chi connectivity index (χ2v) is 6.27. The number of nitro benzene ring substituents is 1. The van der Waals surface area contributed by atoms with Gasteiger partial charge in [-0.3, -0.25) is 14.9 Å². The number of nitrogens with one attached hydrogen (secondary N) is 1. The molecule has 3 rings (SSSR count). The molecule has 0 fully saturated rings. The summed E-state index contributed by atoms with van der Waals surface area (Å²) in [5.41, 5.74) is 2.56. The van der Waals surface area contributed by atoms with Gasteiger partial charge in [0.05, 0.1) is 28.8 Å². The SMILES string of the molecule is COC(=O)c1cc(-c2ccc(/C=N\NC(=O)c3ccccc3[N+](=O)[O-])o2)ccc1Cl. The molecular weight excluding hydrogens is 414 g/mol. The molecule has 0 saturated carbocycles. The van der Waals surface area contributed by atoms with Crippen molar-refractivity contribution in [3.05, 3.63) is 86.6 Å². The number of ether oxygens (including phenoxy) is 1. The minimum Gasteiger partial charge on any atom is -0.465 e. The van der Waals surface area contributed by atoms with Crippen LogP contribution in [0.3, 0.4) is 0 Å². The number of amides is 1. The Balaban J connectivity index is 1.73. The molecule has 0 saturated heterocycles. The lowest BCUT2D eigenvalue weighted by Crippen LogP contribution is -2.18. The number of benzene rings is 2. The van der Waals surface area contributed by atoms with E-state index in [0.29, 0.717) is 17.1 Å². The minimum atomic E-state index is -0.731. The van der Waals surface area contributed by atoms with E-state index in [1.807, 2.05) is 0 Å². The number of para-hydroxylation sites is 1. The summed E-state index contributed by atoms with van der Waals surface area (Å²) >= 11 is 6.01. The molecule has 10 heteroatoms. The van der Waals surface area contributed by atoms with Gasteiger partial charge in [-0.05, 0) is 36.4 Å². The van der Waals surface area contributed by atoms with Crippen molar-refractivity contribution in [3.8, 4) is 11.3 Å². The number of rotatable bonds is 6. The molecule has 9 nitrogen and oxygen atoms in total. The van der Waals surface area contributed by atoms with Crippen LogP contribution in [0.2, 0.25) is 5.02 Å². The molecule has 1 N–H and O–H groups in total. The summed E-state index contributed by atoms with van der Waals surface area (Å²) in [6, 6.07) is 13.5. The highest BCUT2D eigenvalue weighted by Crippen LogP contribution is 2.27. The van der Waals surface area contributed by atoms with Gasteiger partial charge in [-0.1, -0.05) is 23.7 Å². The molecule has 3 aromatic rings. The van der Waals surface area contributed by atoms with Crippen LogP contribution in [0.1, 0.15) is 26.5 Å². The summed E-state index contributed by atoms with van der Waals surface area (Å²) in [5, 5.41) is 15.0. The molecule has 0 radical (unpaired) electrons. The number of hydrazone groups is 1. The molecule has 2 aromatic carbocycles. The Morgan fingerprint density at radius 3 is 2.67 bits per heavy atom. The summed E-state index contributed by atoms with van der Waals surface area (Å²) in [6.45, 7) is 0. The molecule has 152 valence electrons. The van der Waals surface area contributed by atoms with Gasteiger partial charge in [-0.25, -0.2) is 10.2 Å². The Labute approximate surface area is 175 Å². The number of hydrogen-bond donors (Lipinski definition) is 1. The summed E-state index contributed by atoms with van der Waals surface area (Å²) in [7, 11) is 1.26. The van der Waals surface area contributed by atoms with Crippen LogP contribution in [0.4, 0.5) is 5.69 Å². The van der Waals surface area contributed by atoms with Crippen molar-refractivity contribution in [3.63, 3.8) is 0 Å².